The molecule has 4 aliphatic heterocycles. The maximum absolute atomic E-state index is 13.7. The lowest BCUT2D eigenvalue weighted by Crippen LogP contribution is -2.53. The van der Waals surface area contributed by atoms with Gasteiger partial charge in [-0.3, -0.25) is 14.6 Å². The Labute approximate surface area is 349 Å². The van der Waals surface area contributed by atoms with Gasteiger partial charge in [0.15, 0.2) is 6.23 Å². The number of carbonyl (C=O) groups excluding carboxylic acids is 4. The number of allylic oxidation sites excluding steroid dienone is 1. The van der Waals surface area contributed by atoms with Crippen LogP contribution in [0.15, 0.2) is 59.9 Å². The molecule has 0 radical (unpaired) electrons. The molecule has 3 N–H and O–H groups in total. The smallest absolute Gasteiger partial charge is 0.407 e. The molecule has 4 aromatic rings. The number of aliphatic imine (C=N–C) groups is 1. The number of hydrogen-bond donors (Lipinski definition) is 3. The molecular weight excluding hydrogens is 765 g/mol. The molecule has 2 fully saturated rings. The predicted octanol–water partition coefficient (Wildman–Crippen LogP) is 7.21. The molecule has 5 atom stereocenters. The Balaban J connectivity index is 0.982. The molecule has 0 aliphatic carbocycles. The SMILES string of the molecule is COC(=O)N[C@H](C(=O)N1CCC[C@H]1C1=NC=C(c2ccc3c(c2)OC(C)n2c-3cc3cc(-c4cnc([C@@H]5CCCN5C(=O)[C@@H](NC(=O)OC)C(C)C)[nH]4)ccc32)C1)C(C)C. The van der Waals surface area contributed by atoms with Crippen LogP contribution in [0.4, 0.5) is 9.59 Å². The standard InChI is InChI=1S/C45H54N8O7/c1-24(2)39(49-44(56)58-6)42(54)51-16-8-10-35(51)32-19-30(22-46-32)27-12-14-31-37-20-29-18-28(13-15-34(29)53(37)26(5)60-38(31)21-27)33-23-47-41(48-33)36-11-9-17-52(36)43(55)40(25(3)4)50-45(57)59-7/h12-15,18,20-26,35-36,39-40H,8-11,16-17,19H2,1-7H3,(H,47,48)(H,49,56)(H,50,57)/t26?,35-,36-,39-,40-/m0/s1. The van der Waals surface area contributed by atoms with Crippen LogP contribution in [0.25, 0.3) is 39.0 Å². The van der Waals surface area contributed by atoms with E-state index in [1.165, 1.54) is 14.2 Å². The summed E-state index contributed by atoms with van der Waals surface area (Å²) in [6.07, 6.45) is 6.16. The number of ether oxygens (including phenoxy) is 3. The third-order valence-corrected chi connectivity index (χ3v) is 12.3. The Morgan fingerprint density at radius 1 is 0.833 bits per heavy atom. The quantitative estimate of drug-likeness (QED) is 0.151. The number of alkyl carbamates (subject to hydrolysis) is 2. The van der Waals surface area contributed by atoms with Gasteiger partial charge in [0.2, 0.25) is 11.8 Å². The molecule has 60 heavy (non-hydrogen) atoms. The Morgan fingerprint density at radius 2 is 1.47 bits per heavy atom. The second-order valence-corrected chi connectivity index (χ2v) is 16.8. The number of carbonyl (C=O) groups is 4. The van der Waals surface area contributed by atoms with E-state index in [9.17, 15) is 19.2 Å². The van der Waals surface area contributed by atoms with Gasteiger partial charge in [-0.2, -0.15) is 0 Å². The molecule has 316 valence electrons. The monoisotopic (exact) mass is 818 g/mol. The van der Waals surface area contributed by atoms with E-state index in [0.29, 0.717) is 19.5 Å². The second-order valence-electron chi connectivity index (χ2n) is 16.8. The number of fused-ring (bicyclic) bond motifs is 5. The molecule has 0 spiro atoms. The van der Waals surface area contributed by atoms with Gasteiger partial charge in [-0.1, -0.05) is 39.8 Å². The fourth-order valence-corrected chi connectivity index (χ4v) is 9.20. The number of benzene rings is 2. The van der Waals surface area contributed by atoms with Gasteiger partial charge in [-0.25, -0.2) is 14.6 Å². The molecule has 0 bridgehead atoms. The number of nitrogens with one attached hydrogen (secondary N) is 3. The third-order valence-electron chi connectivity index (χ3n) is 12.3. The van der Waals surface area contributed by atoms with E-state index in [4.69, 9.17) is 24.2 Å². The van der Waals surface area contributed by atoms with Gasteiger partial charge < -0.3 is 44.2 Å². The average molecular weight is 819 g/mol. The third kappa shape index (κ3) is 7.49. The maximum Gasteiger partial charge on any atom is 0.407 e. The number of likely N-dealkylation sites (tertiary alicyclic amines) is 2. The van der Waals surface area contributed by atoms with Gasteiger partial charge in [-0.05, 0) is 85.9 Å². The van der Waals surface area contributed by atoms with Crippen LogP contribution in [0.5, 0.6) is 5.75 Å². The summed E-state index contributed by atoms with van der Waals surface area (Å²) in [4.78, 5) is 68.2. The summed E-state index contributed by atoms with van der Waals surface area (Å²) >= 11 is 0. The Bertz CT molecular complexity index is 2390. The van der Waals surface area contributed by atoms with Crippen molar-refractivity contribution in [3.05, 3.63) is 66.2 Å². The molecule has 2 aromatic carbocycles. The van der Waals surface area contributed by atoms with Crippen molar-refractivity contribution < 1.29 is 33.4 Å². The number of hydrogen-bond acceptors (Lipinski definition) is 9. The van der Waals surface area contributed by atoms with E-state index in [0.717, 1.165) is 87.5 Å². The summed E-state index contributed by atoms with van der Waals surface area (Å²) in [5.74, 6) is 1.05. The van der Waals surface area contributed by atoms with Crippen molar-refractivity contribution in [3.8, 4) is 28.3 Å². The first-order valence-electron chi connectivity index (χ1n) is 20.9. The largest absolute Gasteiger partial charge is 0.470 e. The lowest BCUT2D eigenvalue weighted by atomic mass is 9.96. The zero-order valence-electron chi connectivity index (χ0n) is 35.3. The minimum Gasteiger partial charge on any atom is -0.470 e. The van der Waals surface area contributed by atoms with Gasteiger partial charge in [0.1, 0.15) is 23.7 Å². The lowest BCUT2D eigenvalue weighted by molar-refractivity contribution is -0.135. The van der Waals surface area contributed by atoms with Gasteiger partial charge in [-0.15, -0.1) is 0 Å². The van der Waals surface area contributed by atoms with Crippen molar-refractivity contribution in [1.29, 1.82) is 0 Å². The van der Waals surface area contributed by atoms with Gasteiger partial charge >= 0.3 is 12.2 Å². The minimum absolute atomic E-state index is 0.100. The van der Waals surface area contributed by atoms with Gasteiger partial charge in [0.05, 0.1) is 49.4 Å². The highest BCUT2D eigenvalue weighted by Gasteiger charge is 2.40. The van der Waals surface area contributed by atoms with Crippen molar-refractivity contribution in [1.82, 2.24) is 35.0 Å². The molecule has 15 nitrogen and oxygen atoms in total. The summed E-state index contributed by atoms with van der Waals surface area (Å²) in [6, 6.07) is 13.1. The van der Waals surface area contributed by atoms with E-state index in [1.54, 1.807) is 0 Å². The first-order valence-corrected chi connectivity index (χ1v) is 20.9. The molecule has 8 rings (SSSR count). The number of imidazole rings is 1. The summed E-state index contributed by atoms with van der Waals surface area (Å²) in [5, 5.41) is 6.50. The number of nitrogens with zero attached hydrogens (tertiary/aromatic N) is 5. The molecule has 4 amide bonds. The number of aromatic nitrogens is 3. The Hall–Kier alpha value is -6.12. The molecule has 2 aromatic heterocycles. The lowest BCUT2D eigenvalue weighted by Gasteiger charge is -2.31. The van der Waals surface area contributed by atoms with E-state index in [2.05, 4.69) is 62.6 Å². The predicted molar refractivity (Wildman–Crippen MR) is 227 cm³/mol. The van der Waals surface area contributed by atoms with E-state index >= 15 is 0 Å². The van der Waals surface area contributed by atoms with Crippen molar-refractivity contribution in [2.24, 2.45) is 16.8 Å². The van der Waals surface area contributed by atoms with Crippen LogP contribution in [0.1, 0.15) is 90.4 Å². The number of methoxy groups -OCH3 is 2. The topological polar surface area (TPSA) is 172 Å². The summed E-state index contributed by atoms with van der Waals surface area (Å²) in [6.45, 7) is 10.9. The fraction of sp³-hybridized carbons (Fsp3) is 0.467. The van der Waals surface area contributed by atoms with E-state index < -0.39 is 24.3 Å². The average Bonchev–Trinajstić information content (AvgIpc) is 4.09. The van der Waals surface area contributed by atoms with Crippen LogP contribution in [0.2, 0.25) is 0 Å². The Morgan fingerprint density at radius 3 is 2.12 bits per heavy atom. The zero-order chi connectivity index (χ0) is 42.4. The highest BCUT2D eigenvalue weighted by molar-refractivity contribution is 6.04. The maximum atomic E-state index is 13.7. The minimum atomic E-state index is -0.699. The first kappa shape index (κ1) is 40.7. The highest BCUT2D eigenvalue weighted by atomic mass is 16.5. The van der Waals surface area contributed by atoms with Crippen molar-refractivity contribution in [3.63, 3.8) is 0 Å². The van der Waals surface area contributed by atoms with Crippen LogP contribution < -0.4 is 15.4 Å². The number of H-pyrrole nitrogens is 1. The van der Waals surface area contributed by atoms with Crippen LogP contribution >= 0.6 is 0 Å². The molecule has 1 unspecified atom stereocenters. The molecular formula is C45H54N8O7. The van der Waals surface area contributed by atoms with Crippen molar-refractivity contribution in [2.75, 3.05) is 27.3 Å². The molecule has 2 saturated heterocycles. The van der Waals surface area contributed by atoms with Crippen molar-refractivity contribution >= 4 is 46.2 Å². The Kier molecular flexibility index (Phi) is 11.2. The van der Waals surface area contributed by atoms with E-state index in [1.807, 2.05) is 56.8 Å². The zero-order valence-corrected chi connectivity index (χ0v) is 35.3. The summed E-state index contributed by atoms with van der Waals surface area (Å²) < 4.78 is 18.4. The highest BCUT2D eigenvalue weighted by Crippen LogP contribution is 2.44. The second kappa shape index (κ2) is 16.5. The fourth-order valence-electron chi connectivity index (χ4n) is 9.20. The van der Waals surface area contributed by atoms with Crippen LogP contribution in [0, 0.1) is 11.8 Å². The van der Waals surface area contributed by atoms with Crippen molar-refractivity contribution in [2.45, 2.75) is 97.1 Å². The van der Waals surface area contributed by atoms with Gasteiger partial charge in [0.25, 0.3) is 0 Å². The number of aromatic amines is 1. The van der Waals surface area contributed by atoms with Gasteiger partial charge in [0, 0.05) is 47.9 Å². The van der Waals surface area contributed by atoms with Crippen LogP contribution in [-0.2, 0) is 19.1 Å². The normalized spacial score (nSPS) is 20.6. The summed E-state index contributed by atoms with van der Waals surface area (Å²) in [7, 11) is 2.59. The van der Waals surface area contributed by atoms with Crippen LogP contribution in [-0.4, -0.2) is 99.5 Å². The molecule has 0 saturated carbocycles. The number of amides is 4. The van der Waals surface area contributed by atoms with Crippen LogP contribution in [0.3, 0.4) is 0 Å². The molecule has 6 heterocycles. The number of rotatable bonds is 10. The molecule has 15 heteroatoms. The summed E-state index contributed by atoms with van der Waals surface area (Å²) in [5.41, 5.74) is 7.97. The molecule has 4 aliphatic rings. The first-order chi connectivity index (χ1) is 28.9. The van der Waals surface area contributed by atoms with E-state index in [-0.39, 0.29) is 42.0 Å².